The van der Waals surface area contributed by atoms with Gasteiger partial charge in [-0.25, -0.2) is 13.2 Å². The molecule has 0 saturated carbocycles. The molecule has 2 aromatic rings. The number of amides is 2. The van der Waals surface area contributed by atoms with E-state index in [0.717, 1.165) is 11.0 Å². The molecule has 2 aromatic carbocycles. The molecular weight excluding hydrogens is 380 g/mol. The van der Waals surface area contributed by atoms with E-state index in [1.165, 1.54) is 25.1 Å². The average Bonchev–Trinajstić information content (AvgIpc) is 2.55. The Kier molecular flexibility index (Phi) is 5.92. The molecule has 25 heavy (non-hydrogen) atoms. The second kappa shape index (κ2) is 7.76. The van der Waals surface area contributed by atoms with Crippen LogP contribution in [0.3, 0.4) is 0 Å². The van der Waals surface area contributed by atoms with Crippen LogP contribution in [-0.4, -0.2) is 18.4 Å². The van der Waals surface area contributed by atoms with Crippen molar-refractivity contribution in [3.05, 3.63) is 57.8 Å². The van der Waals surface area contributed by atoms with Gasteiger partial charge in [-0.3, -0.25) is 9.59 Å². The molecule has 2 rings (SSSR count). The molecule has 2 amide bonds. The Bertz CT molecular complexity index is 846. The van der Waals surface area contributed by atoms with E-state index >= 15 is 0 Å². The van der Waals surface area contributed by atoms with E-state index in [9.17, 15) is 22.8 Å². The SMILES string of the molecule is CC(=O)N(CC(=O)Nc1ccc(F)c(F)c1F)c1cc(Cl)ccc1Cl. The number of carbonyl (C=O) groups excluding carboxylic acids is 2. The Morgan fingerprint density at radius 1 is 1.08 bits per heavy atom. The predicted octanol–water partition coefficient (Wildman–Crippen LogP) is 4.40. The third-order valence-corrected chi connectivity index (χ3v) is 3.74. The summed E-state index contributed by atoms with van der Waals surface area (Å²) in [5.41, 5.74) is -0.368. The van der Waals surface area contributed by atoms with Crippen molar-refractivity contribution in [1.29, 1.82) is 0 Å². The standard InChI is InChI=1S/C16H11Cl2F3N2O2/c1-8(24)23(13-6-9(17)2-3-10(13)18)7-14(25)22-12-5-4-11(19)15(20)16(12)21/h2-6H,7H2,1H3,(H,22,25). The maximum Gasteiger partial charge on any atom is 0.244 e. The van der Waals surface area contributed by atoms with Gasteiger partial charge in [0, 0.05) is 11.9 Å². The molecule has 0 unspecified atom stereocenters. The fraction of sp³-hybridized carbons (Fsp3) is 0.125. The summed E-state index contributed by atoms with van der Waals surface area (Å²) in [5, 5.41) is 2.54. The molecule has 9 heteroatoms. The van der Waals surface area contributed by atoms with E-state index in [0.29, 0.717) is 6.07 Å². The minimum atomic E-state index is -1.71. The number of hydrogen-bond acceptors (Lipinski definition) is 2. The van der Waals surface area contributed by atoms with Gasteiger partial charge in [0.25, 0.3) is 0 Å². The molecule has 1 N–H and O–H groups in total. The van der Waals surface area contributed by atoms with E-state index in [1.807, 2.05) is 0 Å². The molecule has 0 saturated heterocycles. The first-order valence-corrected chi connectivity index (χ1v) is 7.62. The zero-order valence-electron chi connectivity index (χ0n) is 12.7. The summed E-state index contributed by atoms with van der Waals surface area (Å²) in [6.45, 7) is 0.663. The lowest BCUT2D eigenvalue weighted by molar-refractivity contribution is -0.120. The molecule has 0 bridgehead atoms. The van der Waals surface area contributed by atoms with Gasteiger partial charge in [-0.15, -0.1) is 0 Å². The van der Waals surface area contributed by atoms with Crippen LogP contribution in [0, 0.1) is 17.5 Å². The zero-order valence-corrected chi connectivity index (χ0v) is 14.3. The van der Waals surface area contributed by atoms with Crippen LogP contribution < -0.4 is 10.2 Å². The van der Waals surface area contributed by atoms with Crippen LogP contribution in [0.1, 0.15) is 6.92 Å². The molecule has 0 radical (unpaired) electrons. The largest absolute Gasteiger partial charge is 0.322 e. The van der Waals surface area contributed by atoms with Gasteiger partial charge < -0.3 is 10.2 Å². The first-order valence-electron chi connectivity index (χ1n) is 6.87. The lowest BCUT2D eigenvalue weighted by Gasteiger charge is -2.22. The summed E-state index contributed by atoms with van der Waals surface area (Å²) >= 11 is 11.9. The quantitative estimate of drug-likeness (QED) is 0.786. The lowest BCUT2D eigenvalue weighted by Crippen LogP contribution is -2.37. The maximum atomic E-state index is 13.6. The first kappa shape index (κ1) is 19.1. The number of nitrogens with one attached hydrogen (secondary N) is 1. The van der Waals surface area contributed by atoms with Crippen molar-refractivity contribution in [2.45, 2.75) is 6.92 Å². The van der Waals surface area contributed by atoms with E-state index in [4.69, 9.17) is 23.2 Å². The van der Waals surface area contributed by atoms with Gasteiger partial charge in [-0.05, 0) is 30.3 Å². The molecule has 4 nitrogen and oxygen atoms in total. The second-order valence-corrected chi connectivity index (χ2v) is 5.82. The summed E-state index contributed by atoms with van der Waals surface area (Å²) in [4.78, 5) is 24.9. The van der Waals surface area contributed by atoms with Crippen LogP contribution in [0.2, 0.25) is 10.0 Å². The monoisotopic (exact) mass is 390 g/mol. The fourth-order valence-electron chi connectivity index (χ4n) is 2.01. The van der Waals surface area contributed by atoms with Crippen molar-refractivity contribution in [2.24, 2.45) is 0 Å². The van der Waals surface area contributed by atoms with Crippen molar-refractivity contribution >= 4 is 46.4 Å². The summed E-state index contributed by atoms with van der Waals surface area (Å²) in [6, 6.07) is 5.88. The summed E-state index contributed by atoms with van der Waals surface area (Å²) in [5.74, 6) is -5.99. The lowest BCUT2D eigenvalue weighted by atomic mass is 10.2. The highest BCUT2D eigenvalue weighted by Gasteiger charge is 2.21. The minimum Gasteiger partial charge on any atom is -0.322 e. The highest BCUT2D eigenvalue weighted by atomic mass is 35.5. The van der Waals surface area contributed by atoms with Crippen molar-refractivity contribution in [3.63, 3.8) is 0 Å². The fourth-order valence-corrected chi connectivity index (χ4v) is 2.40. The van der Waals surface area contributed by atoms with Crippen molar-refractivity contribution in [1.82, 2.24) is 0 Å². The van der Waals surface area contributed by atoms with Crippen molar-refractivity contribution in [2.75, 3.05) is 16.8 Å². The van der Waals surface area contributed by atoms with Crippen LogP contribution in [0.25, 0.3) is 0 Å². The normalized spacial score (nSPS) is 10.5. The highest BCUT2D eigenvalue weighted by Crippen LogP contribution is 2.29. The number of carbonyl (C=O) groups is 2. The molecule has 0 aromatic heterocycles. The number of rotatable bonds is 4. The Hall–Kier alpha value is -2.25. The Morgan fingerprint density at radius 3 is 2.40 bits per heavy atom. The van der Waals surface area contributed by atoms with Crippen molar-refractivity contribution in [3.8, 4) is 0 Å². The van der Waals surface area contributed by atoms with E-state index in [-0.39, 0.29) is 15.7 Å². The second-order valence-electron chi connectivity index (χ2n) is 4.97. The average molecular weight is 391 g/mol. The van der Waals surface area contributed by atoms with Gasteiger partial charge in [0.15, 0.2) is 17.5 Å². The number of benzene rings is 2. The molecule has 0 spiro atoms. The van der Waals surface area contributed by atoms with E-state index in [1.54, 1.807) is 0 Å². The third-order valence-electron chi connectivity index (χ3n) is 3.19. The smallest absolute Gasteiger partial charge is 0.244 e. The predicted molar refractivity (Wildman–Crippen MR) is 89.4 cm³/mol. The Morgan fingerprint density at radius 2 is 1.76 bits per heavy atom. The van der Waals surface area contributed by atoms with Crippen LogP contribution >= 0.6 is 23.2 Å². The van der Waals surface area contributed by atoms with Crippen LogP contribution in [0.4, 0.5) is 24.5 Å². The highest BCUT2D eigenvalue weighted by molar-refractivity contribution is 6.35. The van der Waals surface area contributed by atoms with Crippen molar-refractivity contribution < 1.29 is 22.8 Å². The topological polar surface area (TPSA) is 49.4 Å². The zero-order chi connectivity index (χ0) is 18.7. The molecule has 0 atom stereocenters. The Balaban J connectivity index is 2.23. The van der Waals surface area contributed by atoms with Gasteiger partial charge in [0.2, 0.25) is 11.8 Å². The molecular formula is C16H11Cl2F3N2O2. The third kappa shape index (κ3) is 4.43. The number of hydrogen-bond donors (Lipinski definition) is 1. The summed E-state index contributed by atoms with van der Waals surface area (Å²) < 4.78 is 39.7. The van der Waals surface area contributed by atoms with Gasteiger partial charge in [-0.1, -0.05) is 23.2 Å². The maximum absolute atomic E-state index is 13.6. The summed E-state index contributed by atoms with van der Waals surface area (Å²) in [7, 11) is 0. The van der Waals surface area contributed by atoms with Gasteiger partial charge in [0.05, 0.1) is 16.4 Å². The molecule has 0 fully saturated rings. The van der Waals surface area contributed by atoms with Gasteiger partial charge in [-0.2, -0.15) is 0 Å². The minimum absolute atomic E-state index is 0.173. The van der Waals surface area contributed by atoms with Crippen LogP contribution in [-0.2, 0) is 9.59 Å². The van der Waals surface area contributed by atoms with Crippen LogP contribution in [0.15, 0.2) is 30.3 Å². The molecule has 0 aliphatic carbocycles. The van der Waals surface area contributed by atoms with E-state index < -0.39 is 41.5 Å². The Labute approximate surface area is 151 Å². The summed E-state index contributed by atoms with van der Waals surface area (Å²) in [6.07, 6.45) is 0. The van der Waals surface area contributed by atoms with Crippen LogP contribution in [0.5, 0.6) is 0 Å². The molecule has 132 valence electrons. The first-order chi connectivity index (χ1) is 11.7. The van der Waals surface area contributed by atoms with E-state index in [2.05, 4.69) is 5.32 Å². The molecule has 0 heterocycles. The van der Waals surface area contributed by atoms with Gasteiger partial charge in [0.1, 0.15) is 6.54 Å². The molecule has 0 aliphatic rings. The number of nitrogens with zero attached hydrogens (tertiary/aromatic N) is 1. The van der Waals surface area contributed by atoms with Gasteiger partial charge >= 0.3 is 0 Å². The number of halogens is 5. The molecule has 0 aliphatic heterocycles. The number of anilines is 2.